The molecule has 0 radical (unpaired) electrons. The minimum atomic E-state index is -4.42. The Hall–Kier alpha value is -1.50. The lowest BCUT2D eigenvalue weighted by atomic mass is 10.1. The molecule has 2 heterocycles. The number of hydrogen-bond acceptors (Lipinski definition) is 4. The first-order chi connectivity index (χ1) is 8.95. The van der Waals surface area contributed by atoms with Crippen molar-refractivity contribution in [1.29, 1.82) is 0 Å². The van der Waals surface area contributed by atoms with Crippen molar-refractivity contribution in [1.82, 2.24) is 4.98 Å². The Morgan fingerprint density at radius 3 is 2.79 bits per heavy atom. The zero-order valence-corrected chi connectivity index (χ0v) is 10.3. The first-order valence-corrected chi connectivity index (χ1v) is 6.15. The van der Waals surface area contributed by atoms with Crippen LogP contribution in [0, 0.1) is 0 Å². The summed E-state index contributed by atoms with van der Waals surface area (Å²) in [4.78, 5) is 3.84. The predicted molar refractivity (Wildman–Crippen MR) is 65.7 cm³/mol. The highest BCUT2D eigenvalue weighted by Crippen LogP contribution is 2.31. The number of rotatable bonds is 3. The van der Waals surface area contributed by atoms with Crippen molar-refractivity contribution in [2.75, 3.05) is 24.2 Å². The van der Waals surface area contributed by atoms with Gasteiger partial charge in [0.2, 0.25) is 0 Å². The number of ether oxygens (including phenoxy) is 1. The van der Waals surface area contributed by atoms with E-state index in [0.717, 1.165) is 31.4 Å². The minimum Gasteiger partial charge on any atom is -0.384 e. The molecule has 1 fully saturated rings. The maximum atomic E-state index is 12.6. The van der Waals surface area contributed by atoms with Crippen LogP contribution < -0.4 is 11.1 Å². The maximum Gasteiger partial charge on any atom is 0.416 e. The molecule has 4 nitrogen and oxygen atoms in total. The molecular weight excluding hydrogens is 259 g/mol. The smallest absolute Gasteiger partial charge is 0.384 e. The number of nitrogens with zero attached hydrogens (tertiary/aromatic N) is 1. The van der Waals surface area contributed by atoms with Gasteiger partial charge in [-0.1, -0.05) is 0 Å². The normalized spacial score (nSPS) is 20.3. The van der Waals surface area contributed by atoms with Crippen LogP contribution >= 0.6 is 0 Å². The topological polar surface area (TPSA) is 60.2 Å². The minimum absolute atomic E-state index is 0.0197. The molecule has 1 atom stereocenters. The molecular formula is C12H16F3N3O. The first kappa shape index (κ1) is 13.9. The molecule has 1 aromatic rings. The van der Waals surface area contributed by atoms with Gasteiger partial charge in [0.1, 0.15) is 11.6 Å². The Morgan fingerprint density at radius 1 is 1.37 bits per heavy atom. The summed E-state index contributed by atoms with van der Waals surface area (Å²) in [5.41, 5.74) is 4.58. The molecule has 19 heavy (non-hydrogen) atoms. The largest absolute Gasteiger partial charge is 0.416 e. The third-order valence-electron chi connectivity index (χ3n) is 2.96. The fourth-order valence-corrected chi connectivity index (χ4v) is 1.99. The quantitative estimate of drug-likeness (QED) is 0.890. The van der Waals surface area contributed by atoms with Gasteiger partial charge >= 0.3 is 6.18 Å². The van der Waals surface area contributed by atoms with Crippen LogP contribution in [0.4, 0.5) is 24.8 Å². The number of nitrogens with one attached hydrogen (secondary N) is 1. The number of alkyl halides is 3. The van der Waals surface area contributed by atoms with Crippen LogP contribution in [-0.2, 0) is 10.9 Å². The average Bonchev–Trinajstić information content (AvgIpc) is 2.36. The predicted octanol–water partition coefficient (Wildman–Crippen LogP) is 2.66. The summed E-state index contributed by atoms with van der Waals surface area (Å²) < 4.78 is 43.3. The van der Waals surface area contributed by atoms with Crippen LogP contribution in [0.5, 0.6) is 0 Å². The van der Waals surface area contributed by atoms with E-state index in [0.29, 0.717) is 13.2 Å². The SMILES string of the molecule is Nc1cc(C(F)(F)F)cc(NCC2CCCCO2)n1. The standard InChI is InChI=1S/C12H16F3N3O/c13-12(14,15)8-5-10(16)18-11(6-8)17-7-9-3-1-2-4-19-9/h5-6,9H,1-4,7H2,(H3,16,17,18). The van der Waals surface area contributed by atoms with E-state index in [1.165, 1.54) is 0 Å². The number of aromatic nitrogens is 1. The second kappa shape index (κ2) is 5.64. The number of anilines is 2. The van der Waals surface area contributed by atoms with Gasteiger partial charge in [-0.2, -0.15) is 13.2 Å². The number of hydrogen-bond donors (Lipinski definition) is 2. The van der Waals surface area contributed by atoms with Gasteiger partial charge in [-0.3, -0.25) is 0 Å². The molecule has 1 unspecified atom stereocenters. The number of nitrogen functional groups attached to an aromatic ring is 1. The van der Waals surface area contributed by atoms with Crippen LogP contribution in [-0.4, -0.2) is 24.2 Å². The molecule has 2 rings (SSSR count). The van der Waals surface area contributed by atoms with Crippen molar-refractivity contribution in [3.63, 3.8) is 0 Å². The van der Waals surface area contributed by atoms with Gasteiger partial charge in [-0.05, 0) is 31.4 Å². The van der Waals surface area contributed by atoms with Gasteiger partial charge in [0.05, 0.1) is 11.7 Å². The van der Waals surface area contributed by atoms with E-state index < -0.39 is 11.7 Å². The number of pyridine rings is 1. The molecule has 106 valence electrons. The number of halogens is 3. The van der Waals surface area contributed by atoms with E-state index in [4.69, 9.17) is 10.5 Å². The zero-order chi connectivity index (χ0) is 13.9. The van der Waals surface area contributed by atoms with Crippen LogP contribution in [0.3, 0.4) is 0 Å². The monoisotopic (exact) mass is 275 g/mol. The van der Waals surface area contributed by atoms with Crippen molar-refractivity contribution in [3.05, 3.63) is 17.7 Å². The molecule has 1 saturated heterocycles. The Labute approximate surface area is 109 Å². The van der Waals surface area contributed by atoms with Crippen LogP contribution in [0.25, 0.3) is 0 Å². The molecule has 1 aliphatic heterocycles. The summed E-state index contributed by atoms with van der Waals surface area (Å²) in [6, 6.07) is 1.78. The lowest BCUT2D eigenvalue weighted by molar-refractivity contribution is -0.137. The Bertz CT molecular complexity index is 431. The van der Waals surface area contributed by atoms with Crippen LogP contribution in [0.2, 0.25) is 0 Å². The van der Waals surface area contributed by atoms with E-state index in [9.17, 15) is 13.2 Å². The Kier molecular flexibility index (Phi) is 4.14. The van der Waals surface area contributed by atoms with Gasteiger partial charge in [0.15, 0.2) is 0 Å². The second-order valence-electron chi connectivity index (χ2n) is 4.53. The molecule has 0 bridgehead atoms. The Morgan fingerprint density at radius 2 is 2.16 bits per heavy atom. The highest BCUT2D eigenvalue weighted by molar-refractivity contribution is 5.47. The lowest BCUT2D eigenvalue weighted by Crippen LogP contribution is -2.27. The fourth-order valence-electron chi connectivity index (χ4n) is 1.99. The third kappa shape index (κ3) is 3.99. The lowest BCUT2D eigenvalue weighted by Gasteiger charge is -2.23. The van der Waals surface area contributed by atoms with Gasteiger partial charge in [-0.25, -0.2) is 4.98 Å². The highest BCUT2D eigenvalue weighted by atomic mass is 19.4. The van der Waals surface area contributed by atoms with E-state index in [-0.39, 0.29) is 17.7 Å². The van der Waals surface area contributed by atoms with Gasteiger partial charge < -0.3 is 15.8 Å². The van der Waals surface area contributed by atoms with Crippen LogP contribution in [0.15, 0.2) is 12.1 Å². The summed E-state index contributed by atoms with van der Waals surface area (Å²) in [7, 11) is 0. The highest BCUT2D eigenvalue weighted by Gasteiger charge is 2.31. The number of nitrogens with two attached hydrogens (primary N) is 1. The molecule has 0 aliphatic carbocycles. The van der Waals surface area contributed by atoms with Crippen LogP contribution in [0.1, 0.15) is 24.8 Å². The summed E-state index contributed by atoms with van der Waals surface area (Å²) in [6.45, 7) is 1.14. The Balaban J connectivity index is 2.01. The molecule has 1 aromatic heterocycles. The second-order valence-corrected chi connectivity index (χ2v) is 4.53. The molecule has 0 aromatic carbocycles. The molecule has 1 aliphatic rings. The molecule has 7 heteroatoms. The van der Waals surface area contributed by atoms with Crippen molar-refractivity contribution in [2.24, 2.45) is 0 Å². The maximum absolute atomic E-state index is 12.6. The summed E-state index contributed by atoms with van der Waals surface area (Å²) in [6.07, 6.45) is -1.39. The van der Waals surface area contributed by atoms with Crippen molar-refractivity contribution in [2.45, 2.75) is 31.5 Å². The molecule has 0 saturated carbocycles. The van der Waals surface area contributed by atoms with E-state index in [1.54, 1.807) is 0 Å². The van der Waals surface area contributed by atoms with Crippen molar-refractivity contribution < 1.29 is 17.9 Å². The van der Waals surface area contributed by atoms with E-state index in [1.807, 2.05) is 0 Å². The molecule has 0 amide bonds. The average molecular weight is 275 g/mol. The summed E-state index contributed by atoms with van der Waals surface area (Å²) >= 11 is 0. The first-order valence-electron chi connectivity index (χ1n) is 6.15. The summed E-state index contributed by atoms with van der Waals surface area (Å²) in [5.74, 6) is -0.0246. The third-order valence-corrected chi connectivity index (χ3v) is 2.96. The van der Waals surface area contributed by atoms with Crippen molar-refractivity contribution in [3.8, 4) is 0 Å². The van der Waals surface area contributed by atoms with Gasteiger partial charge in [0.25, 0.3) is 0 Å². The summed E-state index contributed by atoms with van der Waals surface area (Å²) in [5, 5.41) is 2.85. The van der Waals surface area contributed by atoms with E-state index >= 15 is 0 Å². The van der Waals surface area contributed by atoms with Crippen molar-refractivity contribution >= 4 is 11.6 Å². The van der Waals surface area contributed by atoms with Gasteiger partial charge in [-0.15, -0.1) is 0 Å². The van der Waals surface area contributed by atoms with E-state index in [2.05, 4.69) is 10.3 Å². The fraction of sp³-hybridized carbons (Fsp3) is 0.583. The molecule has 3 N–H and O–H groups in total. The zero-order valence-electron chi connectivity index (χ0n) is 10.3. The molecule has 0 spiro atoms. The van der Waals surface area contributed by atoms with Gasteiger partial charge in [0, 0.05) is 13.2 Å².